The minimum atomic E-state index is 0.875. The number of anilines is 2. The van der Waals surface area contributed by atoms with E-state index in [0.717, 1.165) is 30.4 Å². The molecule has 2 heterocycles. The third-order valence-corrected chi connectivity index (χ3v) is 5.12. The van der Waals surface area contributed by atoms with Crippen molar-refractivity contribution in [3.8, 4) is 0 Å². The molecule has 2 nitrogen and oxygen atoms in total. The van der Waals surface area contributed by atoms with Crippen molar-refractivity contribution in [1.82, 2.24) is 0 Å². The van der Waals surface area contributed by atoms with Crippen molar-refractivity contribution in [2.45, 2.75) is 32.7 Å². The summed E-state index contributed by atoms with van der Waals surface area (Å²) in [6.07, 6.45) is 3.59. The van der Waals surface area contributed by atoms with Gasteiger partial charge in [-0.25, -0.2) is 0 Å². The molecule has 1 aromatic carbocycles. The summed E-state index contributed by atoms with van der Waals surface area (Å²) in [5.74, 6) is 0. The molecule has 0 atom stereocenters. The number of nitrogens with one attached hydrogen (secondary N) is 1. The number of unbranched alkanes of at least 4 members (excludes halogenated alkanes) is 1. The largest absolute Gasteiger partial charge is 0.385 e. The molecule has 0 unspecified atom stereocenters. The average Bonchev–Trinajstić information content (AvgIpc) is 3.06. The van der Waals surface area contributed by atoms with Crippen LogP contribution in [0.25, 0.3) is 0 Å². The number of nitrogens with zero attached hydrogens (tertiary/aromatic N) is 1. The molecule has 0 saturated heterocycles. The zero-order valence-corrected chi connectivity index (χ0v) is 13.9. The van der Waals surface area contributed by atoms with Crippen LogP contribution in [0.4, 0.5) is 11.4 Å². The van der Waals surface area contributed by atoms with Crippen molar-refractivity contribution in [3.05, 3.63) is 45.1 Å². The Kier molecular flexibility index (Phi) is 4.71. The van der Waals surface area contributed by atoms with Gasteiger partial charge >= 0.3 is 0 Å². The molecule has 4 heteroatoms. The fourth-order valence-electron chi connectivity index (χ4n) is 2.78. The van der Waals surface area contributed by atoms with Crippen molar-refractivity contribution >= 4 is 34.3 Å². The van der Waals surface area contributed by atoms with Crippen LogP contribution in [0.2, 0.25) is 4.34 Å². The smallest absolute Gasteiger partial charge is 0.0931 e. The molecule has 2 aromatic rings. The molecule has 0 saturated carbocycles. The number of fused-ring (bicyclic) bond motifs is 1. The van der Waals surface area contributed by atoms with Crippen LogP contribution in [-0.2, 0) is 13.0 Å². The van der Waals surface area contributed by atoms with E-state index in [2.05, 4.69) is 41.4 Å². The summed E-state index contributed by atoms with van der Waals surface area (Å²) in [5.41, 5.74) is 4.09. The van der Waals surface area contributed by atoms with Crippen LogP contribution in [0.5, 0.6) is 0 Å². The van der Waals surface area contributed by atoms with Gasteiger partial charge in [0.1, 0.15) is 0 Å². The lowest BCUT2D eigenvalue weighted by molar-refractivity contribution is 0.834. The minimum Gasteiger partial charge on any atom is -0.385 e. The maximum Gasteiger partial charge on any atom is 0.0931 e. The minimum absolute atomic E-state index is 0.875. The normalized spacial score (nSPS) is 13.5. The van der Waals surface area contributed by atoms with Crippen LogP contribution < -0.4 is 10.2 Å². The van der Waals surface area contributed by atoms with Gasteiger partial charge in [0, 0.05) is 29.3 Å². The van der Waals surface area contributed by atoms with Crippen LogP contribution >= 0.6 is 22.9 Å². The quantitative estimate of drug-likeness (QED) is 0.738. The van der Waals surface area contributed by atoms with Gasteiger partial charge in [0.15, 0.2) is 0 Å². The van der Waals surface area contributed by atoms with Gasteiger partial charge in [0.2, 0.25) is 0 Å². The standard InChI is InChI=1S/C17H21ClN2S/c1-2-3-9-19-14-4-6-16-13(11-14)8-10-20(16)12-15-5-7-17(18)21-15/h4-7,11,19H,2-3,8-10,12H2,1H3. The Morgan fingerprint density at radius 2 is 2.19 bits per heavy atom. The Morgan fingerprint density at radius 3 is 2.95 bits per heavy atom. The molecule has 0 amide bonds. The van der Waals surface area contributed by atoms with Gasteiger partial charge in [0.05, 0.1) is 10.9 Å². The third-order valence-electron chi connectivity index (χ3n) is 3.91. The molecule has 1 aliphatic rings. The van der Waals surface area contributed by atoms with E-state index in [-0.39, 0.29) is 0 Å². The first-order valence-corrected chi connectivity index (χ1v) is 8.81. The molecular formula is C17H21ClN2S. The van der Waals surface area contributed by atoms with Crippen LogP contribution in [0.1, 0.15) is 30.2 Å². The van der Waals surface area contributed by atoms with Crippen molar-refractivity contribution in [3.63, 3.8) is 0 Å². The molecule has 0 fully saturated rings. The van der Waals surface area contributed by atoms with E-state index in [0.29, 0.717) is 0 Å². The van der Waals surface area contributed by atoms with Crippen molar-refractivity contribution in [2.75, 3.05) is 23.3 Å². The van der Waals surface area contributed by atoms with Crippen LogP contribution in [0.3, 0.4) is 0 Å². The maximum absolute atomic E-state index is 6.02. The SMILES string of the molecule is CCCCNc1ccc2c(c1)CCN2Cc1ccc(Cl)s1. The molecule has 112 valence electrons. The molecule has 21 heavy (non-hydrogen) atoms. The van der Waals surface area contributed by atoms with E-state index in [1.165, 1.54) is 34.7 Å². The average molecular weight is 321 g/mol. The summed E-state index contributed by atoms with van der Waals surface area (Å²) in [6.45, 7) is 5.35. The van der Waals surface area contributed by atoms with Crippen molar-refractivity contribution in [2.24, 2.45) is 0 Å². The van der Waals surface area contributed by atoms with E-state index in [9.17, 15) is 0 Å². The van der Waals surface area contributed by atoms with E-state index >= 15 is 0 Å². The van der Waals surface area contributed by atoms with Gasteiger partial charge in [-0.15, -0.1) is 11.3 Å². The number of thiophene rings is 1. The summed E-state index contributed by atoms with van der Waals surface area (Å²) in [4.78, 5) is 3.78. The van der Waals surface area contributed by atoms with E-state index in [4.69, 9.17) is 11.6 Å². The highest BCUT2D eigenvalue weighted by atomic mass is 35.5. The highest BCUT2D eigenvalue weighted by Crippen LogP contribution is 2.33. The van der Waals surface area contributed by atoms with Crippen LogP contribution in [0.15, 0.2) is 30.3 Å². The first-order chi connectivity index (χ1) is 10.3. The molecule has 1 N–H and O–H groups in total. The molecule has 1 aliphatic heterocycles. The zero-order chi connectivity index (χ0) is 14.7. The molecule has 0 radical (unpaired) electrons. The molecule has 0 spiro atoms. The molecule has 1 aromatic heterocycles. The highest BCUT2D eigenvalue weighted by molar-refractivity contribution is 7.16. The predicted molar refractivity (Wildman–Crippen MR) is 93.9 cm³/mol. The summed E-state index contributed by atoms with van der Waals surface area (Å²) >= 11 is 7.70. The number of halogens is 1. The lowest BCUT2D eigenvalue weighted by atomic mass is 10.1. The van der Waals surface area contributed by atoms with Gasteiger partial charge in [-0.2, -0.15) is 0 Å². The Labute approximate surface area is 135 Å². The number of hydrogen-bond donors (Lipinski definition) is 1. The Hall–Kier alpha value is -1.19. The first kappa shape index (κ1) is 14.7. The first-order valence-electron chi connectivity index (χ1n) is 7.62. The Bertz CT molecular complexity index is 609. The zero-order valence-electron chi connectivity index (χ0n) is 12.4. The highest BCUT2D eigenvalue weighted by Gasteiger charge is 2.19. The molecule has 0 aliphatic carbocycles. The Morgan fingerprint density at radius 1 is 1.29 bits per heavy atom. The van der Waals surface area contributed by atoms with Crippen molar-refractivity contribution < 1.29 is 0 Å². The summed E-state index contributed by atoms with van der Waals surface area (Å²) < 4.78 is 0.875. The van der Waals surface area contributed by atoms with Gasteiger partial charge in [-0.3, -0.25) is 0 Å². The fraction of sp³-hybridized carbons (Fsp3) is 0.412. The second-order valence-corrected chi connectivity index (χ2v) is 7.30. The maximum atomic E-state index is 6.02. The van der Waals surface area contributed by atoms with E-state index < -0.39 is 0 Å². The number of benzene rings is 1. The Balaban J connectivity index is 1.68. The van der Waals surface area contributed by atoms with Gasteiger partial charge in [0.25, 0.3) is 0 Å². The second-order valence-electron chi connectivity index (χ2n) is 5.50. The topological polar surface area (TPSA) is 15.3 Å². The van der Waals surface area contributed by atoms with Crippen LogP contribution in [-0.4, -0.2) is 13.1 Å². The second kappa shape index (κ2) is 6.71. The molecule has 3 rings (SSSR count). The number of hydrogen-bond acceptors (Lipinski definition) is 3. The monoisotopic (exact) mass is 320 g/mol. The summed E-state index contributed by atoms with van der Waals surface area (Å²) in [5, 5.41) is 3.51. The van der Waals surface area contributed by atoms with Gasteiger partial charge in [-0.05, 0) is 48.7 Å². The predicted octanol–water partition coefficient (Wildman–Crippen LogP) is 5.18. The fourth-order valence-corrected chi connectivity index (χ4v) is 3.88. The number of rotatable bonds is 6. The summed E-state index contributed by atoms with van der Waals surface area (Å²) in [6, 6.07) is 10.9. The van der Waals surface area contributed by atoms with Crippen molar-refractivity contribution in [1.29, 1.82) is 0 Å². The molecule has 0 bridgehead atoms. The lowest BCUT2D eigenvalue weighted by Gasteiger charge is -2.18. The lowest BCUT2D eigenvalue weighted by Crippen LogP contribution is -2.18. The van der Waals surface area contributed by atoms with Crippen LogP contribution in [0, 0.1) is 0 Å². The molecular weight excluding hydrogens is 300 g/mol. The van der Waals surface area contributed by atoms with Gasteiger partial charge in [-0.1, -0.05) is 24.9 Å². The van der Waals surface area contributed by atoms with E-state index in [1.54, 1.807) is 11.3 Å². The third kappa shape index (κ3) is 3.53. The summed E-state index contributed by atoms with van der Waals surface area (Å²) in [7, 11) is 0. The van der Waals surface area contributed by atoms with E-state index in [1.807, 2.05) is 6.07 Å². The van der Waals surface area contributed by atoms with Gasteiger partial charge < -0.3 is 10.2 Å².